The van der Waals surface area contributed by atoms with Crippen molar-refractivity contribution < 1.29 is 9.90 Å². The van der Waals surface area contributed by atoms with Gasteiger partial charge in [0.1, 0.15) is 5.76 Å². The number of carbonyl (C=O) groups excluding carboxylic acids is 1. The maximum Gasteiger partial charge on any atom is 0.165 e. The molecule has 0 saturated carbocycles. The first-order valence-corrected chi connectivity index (χ1v) is 7.08. The fourth-order valence-electron chi connectivity index (χ4n) is 3.26. The Balaban J connectivity index is 1.88. The number of Topliss-reactive ketones (excluding diaryl/α,β-unsaturated/α-hetero) is 1. The second-order valence-electron chi connectivity index (χ2n) is 5.58. The quantitative estimate of drug-likeness (QED) is 0.663. The molecule has 1 aromatic carbocycles. The van der Waals surface area contributed by atoms with Crippen molar-refractivity contribution in [3.05, 3.63) is 53.3 Å². The first-order chi connectivity index (χ1) is 9.66. The minimum absolute atomic E-state index is 0.0849. The van der Waals surface area contributed by atoms with Crippen molar-refractivity contribution in [3.8, 4) is 0 Å². The highest BCUT2D eigenvalue weighted by atomic mass is 16.3. The number of rotatable bonds is 2. The van der Waals surface area contributed by atoms with Gasteiger partial charge in [-0.2, -0.15) is 0 Å². The molecule has 2 fully saturated rings. The predicted octanol–water partition coefficient (Wildman–Crippen LogP) is 2.95. The Morgan fingerprint density at radius 2 is 2.05 bits per heavy atom. The first-order valence-electron chi connectivity index (χ1n) is 7.08. The average molecular weight is 269 g/mol. The maximum absolute atomic E-state index is 12.2. The normalized spacial score (nSPS) is 29.1. The van der Waals surface area contributed by atoms with Crippen LogP contribution < -0.4 is 0 Å². The standard InChI is InChI=1S/C17H19NO2/c1-18-13-8-9-14(18)17(16(20)11-13)15(19)10-7-12-5-3-2-4-6-12/h2-7,10,13-14,19H,8-9,11H2,1H3/t13-,14+/m0/s1. The van der Waals surface area contributed by atoms with Crippen molar-refractivity contribution in [2.24, 2.45) is 0 Å². The molecule has 2 heterocycles. The molecule has 0 radical (unpaired) electrons. The lowest BCUT2D eigenvalue weighted by Crippen LogP contribution is -2.42. The van der Waals surface area contributed by atoms with E-state index in [2.05, 4.69) is 4.90 Å². The van der Waals surface area contributed by atoms with Gasteiger partial charge in [-0.3, -0.25) is 9.69 Å². The number of aliphatic hydroxyl groups excluding tert-OH is 1. The molecular formula is C17H19NO2. The molecular weight excluding hydrogens is 250 g/mol. The van der Waals surface area contributed by atoms with Gasteiger partial charge in [-0.05, 0) is 31.5 Å². The van der Waals surface area contributed by atoms with Gasteiger partial charge in [0.25, 0.3) is 0 Å². The molecule has 2 aliphatic rings. The second kappa shape index (κ2) is 5.25. The first kappa shape index (κ1) is 13.1. The Labute approximate surface area is 119 Å². The van der Waals surface area contributed by atoms with Gasteiger partial charge in [-0.15, -0.1) is 0 Å². The lowest BCUT2D eigenvalue weighted by Gasteiger charge is -2.32. The number of fused-ring (bicyclic) bond motifs is 2. The lowest BCUT2D eigenvalue weighted by molar-refractivity contribution is -0.118. The molecule has 3 rings (SSSR count). The Morgan fingerprint density at radius 3 is 2.80 bits per heavy atom. The lowest BCUT2D eigenvalue weighted by atomic mass is 9.94. The zero-order chi connectivity index (χ0) is 14.1. The van der Waals surface area contributed by atoms with E-state index in [0.29, 0.717) is 18.0 Å². The maximum atomic E-state index is 12.2. The number of aliphatic hydroxyl groups is 1. The molecule has 2 atom stereocenters. The Kier molecular flexibility index (Phi) is 3.45. The largest absolute Gasteiger partial charge is 0.507 e. The van der Waals surface area contributed by atoms with Gasteiger partial charge in [0.2, 0.25) is 0 Å². The van der Waals surface area contributed by atoms with Crippen LogP contribution in [0, 0.1) is 0 Å². The third-order valence-corrected chi connectivity index (χ3v) is 4.40. The summed E-state index contributed by atoms with van der Waals surface area (Å²) in [6, 6.07) is 10.2. The average Bonchev–Trinajstić information content (AvgIpc) is 2.71. The fraction of sp³-hybridized carbons (Fsp3) is 0.353. The number of carbonyl (C=O) groups is 1. The van der Waals surface area contributed by atoms with E-state index >= 15 is 0 Å². The summed E-state index contributed by atoms with van der Waals surface area (Å²) in [5, 5.41) is 10.3. The van der Waals surface area contributed by atoms with E-state index in [1.807, 2.05) is 43.5 Å². The summed E-state index contributed by atoms with van der Waals surface area (Å²) in [5.41, 5.74) is 1.61. The van der Waals surface area contributed by atoms with Crippen molar-refractivity contribution in [1.29, 1.82) is 0 Å². The van der Waals surface area contributed by atoms with Crippen LogP contribution in [-0.2, 0) is 4.79 Å². The molecule has 3 heteroatoms. The van der Waals surface area contributed by atoms with Crippen LogP contribution in [0.5, 0.6) is 0 Å². The molecule has 0 aliphatic carbocycles. The number of benzene rings is 1. The minimum atomic E-state index is 0.0849. The molecule has 20 heavy (non-hydrogen) atoms. The monoisotopic (exact) mass is 269 g/mol. The zero-order valence-electron chi connectivity index (χ0n) is 11.6. The van der Waals surface area contributed by atoms with Gasteiger partial charge >= 0.3 is 0 Å². The van der Waals surface area contributed by atoms with E-state index in [0.717, 1.165) is 18.4 Å². The van der Waals surface area contributed by atoms with Crippen molar-refractivity contribution in [3.63, 3.8) is 0 Å². The number of hydrogen-bond donors (Lipinski definition) is 1. The molecule has 1 aromatic rings. The van der Waals surface area contributed by atoms with Crippen molar-refractivity contribution >= 4 is 11.9 Å². The van der Waals surface area contributed by atoms with Crippen molar-refractivity contribution in [2.45, 2.75) is 31.3 Å². The molecule has 1 N–H and O–H groups in total. The third kappa shape index (κ3) is 2.29. The van der Waals surface area contributed by atoms with E-state index < -0.39 is 0 Å². The van der Waals surface area contributed by atoms with E-state index in [1.165, 1.54) is 0 Å². The second-order valence-corrected chi connectivity index (χ2v) is 5.58. The number of likely N-dealkylation sites (N-methyl/N-ethyl adjacent to an activating group) is 1. The molecule has 2 bridgehead atoms. The Bertz CT molecular complexity index is 574. The van der Waals surface area contributed by atoms with Gasteiger partial charge in [0.05, 0.1) is 5.57 Å². The molecule has 2 saturated heterocycles. The van der Waals surface area contributed by atoms with Gasteiger partial charge < -0.3 is 5.11 Å². The highest BCUT2D eigenvalue weighted by Crippen LogP contribution is 2.36. The topological polar surface area (TPSA) is 40.5 Å². The van der Waals surface area contributed by atoms with Gasteiger partial charge in [-0.1, -0.05) is 36.4 Å². The minimum Gasteiger partial charge on any atom is -0.507 e. The Morgan fingerprint density at radius 1 is 1.30 bits per heavy atom. The van der Waals surface area contributed by atoms with E-state index in [1.54, 1.807) is 6.08 Å². The number of ketones is 1. The summed E-state index contributed by atoms with van der Waals surface area (Å²) in [7, 11) is 2.04. The molecule has 0 unspecified atom stereocenters. The zero-order valence-corrected chi connectivity index (χ0v) is 11.6. The molecule has 0 spiro atoms. The van der Waals surface area contributed by atoms with Crippen LogP contribution >= 0.6 is 0 Å². The summed E-state index contributed by atoms with van der Waals surface area (Å²) in [4.78, 5) is 14.4. The number of nitrogens with zero attached hydrogens (tertiary/aromatic N) is 1. The van der Waals surface area contributed by atoms with Crippen LogP contribution in [-0.4, -0.2) is 34.9 Å². The van der Waals surface area contributed by atoms with Gasteiger partial charge in [0.15, 0.2) is 5.78 Å². The summed E-state index contributed by atoms with van der Waals surface area (Å²) >= 11 is 0. The summed E-state index contributed by atoms with van der Waals surface area (Å²) in [5.74, 6) is 0.224. The number of allylic oxidation sites excluding steroid dienone is 1. The van der Waals surface area contributed by atoms with Crippen molar-refractivity contribution in [2.75, 3.05) is 7.05 Å². The number of piperidine rings is 1. The highest BCUT2D eigenvalue weighted by molar-refractivity contribution is 5.99. The smallest absolute Gasteiger partial charge is 0.165 e. The predicted molar refractivity (Wildman–Crippen MR) is 79.3 cm³/mol. The molecule has 2 aliphatic heterocycles. The van der Waals surface area contributed by atoms with Crippen LogP contribution in [0.1, 0.15) is 24.8 Å². The van der Waals surface area contributed by atoms with E-state index in [9.17, 15) is 9.90 Å². The fourth-order valence-corrected chi connectivity index (χ4v) is 3.26. The summed E-state index contributed by atoms with van der Waals surface area (Å²) in [6.07, 6.45) is 6.04. The molecule has 0 aromatic heterocycles. The van der Waals surface area contributed by atoms with Crippen LogP contribution in [0.2, 0.25) is 0 Å². The molecule has 104 valence electrons. The molecule has 3 nitrogen and oxygen atoms in total. The van der Waals surface area contributed by atoms with Crippen LogP contribution in [0.25, 0.3) is 6.08 Å². The van der Waals surface area contributed by atoms with Crippen LogP contribution in [0.15, 0.2) is 47.7 Å². The van der Waals surface area contributed by atoms with Crippen LogP contribution in [0.4, 0.5) is 0 Å². The van der Waals surface area contributed by atoms with E-state index in [-0.39, 0.29) is 17.6 Å². The summed E-state index contributed by atoms with van der Waals surface area (Å²) in [6.45, 7) is 0. The summed E-state index contributed by atoms with van der Waals surface area (Å²) < 4.78 is 0. The Hall–Kier alpha value is -1.87. The SMILES string of the molecule is CN1[C@H]2CC[C@@H]1C(=C(O)C=Cc1ccccc1)C(=O)C2. The highest BCUT2D eigenvalue weighted by Gasteiger charge is 2.42. The van der Waals surface area contributed by atoms with Gasteiger partial charge in [-0.25, -0.2) is 0 Å². The van der Waals surface area contributed by atoms with E-state index in [4.69, 9.17) is 0 Å². The molecule has 0 amide bonds. The van der Waals surface area contributed by atoms with Crippen molar-refractivity contribution in [1.82, 2.24) is 4.90 Å². The van der Waals surface area contributed by atoms with Gasteiger partial charge in [0, 0.05) is 18.5 Å². The van der Waals surface area contributed by atoms with Crippen LogP contribution in [0.3, 0.4) is 0 Å². The number of hydrogen-bond acceptors (Lipinski definition) is 3. The third-order valence-electron chi connectivity index (χ3n) is 4.40.